The maximum absolute atomic E-state index is 12.4. The normalized spacial score (nSPS) is 10.3. The summed E-state index contributed by atoms with van der Waals surface area (Å²) in [6.07, 6.45) is 2.29. The van der Waals surface area contributed by atoms with Gasteiger partial charge < -0.3 is 19.5 Å². The number of amides is 1. The predicted octanol–water partition coefficient (Wildman–Crippen LogP) is 2.30. The van der Waals surface area contributed by atoms with Crippen LogP contribution in [-0.2, 0) is 13.0 Å². The van der Waals surface area contributed by atoms with Gasteiger partial charge in [-0.1, -0.05) is 6.92 Å². The number of aryl methyl sites for hydroxylation is 2. The molecule has 0 fully saturated rings. The molecule has 7 heteroatoms. The molecule has 0 radical (unpaired) electrons. The molecule has 134 valence electrons. The van der Waals surface area contributed by atoms with Crippen LogP contribution in [0.15, 0.2) is 18.3 Å². The SMILES string of the molecule is CCc1ncc(C(=O)NCc2cc(OC)c(OC)c(OC)c2)c(C)n1. The third-order valence-corrected chi connectivity index (χ3v) is 3.77. The average molecular weight is 345 g/mol. The summed E-state index contributed by atoms with van der Waals surface area (Å²) < 4.78 is 15.9. The van der Waals surface area contributed by atoms with E-state index in [9.17, 15) is 4.79 Å². The molecule has 1 N–H and O–H groups in total. The summed E-state index contributed by atoms with van der Waals surface area (Å²) in [5, 5.41) is 2.86. The molecule has 0 saturated carbocycles. The summed E-state index contributed by atoms with van der Waals surface area (Å²) in [5.74, 6) is 2.09. The van der Waals surface area contributed by atoms with E-state index in [0.717, 1.165) is 17.8 Å². The summed E-state index contributed by atoms with van der Waals surface area (Å²) in [5.41, 5.74) is 1.95. The Hall–Kier alpha value is -2.83. The minimum Gasteiger partial charge on any atom is -0.493 e. The second-order valence-corrected chi connectivity index (χ2v) is 5.36. The molecule has 0 saturated heterocycles. The molecule has 1 amide bonds. The Morgan fingerprint density at radius 3 is 2.24 bits per heavy atom. The number of hydrogen-bond acceptors (Lipinski definition) is 6. The Morgan fingerprint density at radius 1 is 1.12 bits per heavy atom. The van der Waals surface area contributed by atoms with Gasteiger partial charge in [-0.15, -0.1) is 0 Å². The van der Waals surface area contributed by atoms with E-state index in [1.54, 1.807) is 46.6 Å². The first-order valence-corrected chi connectivity index (χ1v) is 7.93. The van der Waals surface area contributed by atoms with Gasteiger partial charge in [-0.2, -0.15) is 0 Å². The van der Waals surface area contributed by atoms with E-state index in [4.69, 9.17) is 14.2 Å². The lowest BCUT2D eigenvalue weighted by Crippen LogP contribution is -2.24. The van der Waals surface area contributed by atoms with E-state index >= 15 is 0 Å². The molecule has 0 atom stereocenters. The van der Waals surface area contributed by atoms with Crippen LogP contribution in [0.3, 0.4) is 0 Å². The lowest BCUT2D eigenvalue weighted by molar-refractivity contribution is 0.0949. The van der Waals surface area contributed by atoms with Gasteiger partial charge in [0.15, 0.2) is 11.5 Å². The number of benzene rings is 1. The summed E-state index contributed by atoms with van der Waals surface area (Å²) in [6, 6.07) is 3.59. The van der Waals surface area contributed by atoms with E-state index < -0.39 is 0 Å². The quantitative estimate of drug-likeness (QED) is 0.829. The second kappa shape index (κ2) is 8.32. The number of nitrogens with one attached hydrogen (secondary N) is 1. The van der Waals surface area contributed by atoms with E-state index in [0.29, 0.717) is 35.1 Å². The van der Waals surface area contributed by atoms with Gasteiger partial charge in [0, 0.05) is 19.2 Å². The summed E-state index contributed by atoms with van der Waals surface area (Å²) in [4.78, 5) is 20.9. The van der Waals surface area contributed by atoms with Crippen molar-refractivity contribution in [2.45, 2.75) is 26.8 Å². The van der Waals surface area contributed by atoms with Crippen LogP contribution in [0.4, 0.5) is 0 Å². The second-order valence-electron chi connectivity index (χ2n) is 5.36. The van der Waals surface area contributed by atoms with E-state index in [-0.39, 0.29) is 5.91 Å². The Morgan fingerprint density at radius 2 is 1.76 bits per heavy atom. The lowest BCUT2D eigenvalue weighted by Gasteiger charge is -2.14. The molecule has 0 bridgehead atoms. The first kappa shape index (κ1) is 18.5. The maximum atomic E-state index is 12.4. The van der Waals surface area contributed by atoms with Crippen LogP contribution >= 0.6 is 0 Å². The van der Waals surface area contributed by atoms with Crippen molar-refractivity contribution in [2.75, 3.05) is 21.3 Å². The molecule has 0 spiro atoms. The number of nitrogens with zero attached hydrogens (tertiary/aromatic N) is 2. The van der Waals surface area contributed by atoms with Crippen LogP contribution in [0.2, 0.25) is 0 Å². The van der Waals surface area contributed by atoms with Crippen LogP contribution in [0.25, 0.3) is 0 Å². The average Bonchev–Trinajstić information content (AvgIpc) is 2.64. The largest absolute Gasteiger partial charge is 0.493 e. The Labute approximate surface area is 147 Å². The van der Waals surface area contributed by atoms with Crippen molar-refractivity contribution in [3.05, 3.63) is 41.0 Å². The van der Waals surface area contributed by atoms with Crippen LogP contribution in [0.1, 0.15) is 34.4 Å². The molecule has 25 heavy (non-hydrogen) atoms. The molecule has 7 nitrogen and oxygen atoms in total. The van der Waals surface area contributed by atoms with Gasteiger partial charge in [0.05, 0.1) is 32.6 Å². The zero-order chi connectivity index (χ0) is 18.4. The molecule has 0 aliphatic carbocycles. The topological polar surface area (TPSA) is 82.6 Å². The summed E-state index contributed by atoms with van der Waals surface area (Å²) in [6.45, 7) is 4.08. The molecule has 1 aromatic heterocycles. The van der Waals surface area contributed by atoms with Gasteiger partial charge in [0.25, 0.3) is 5.91 Å². The first-order valence-electron chi connectivity index (χ1n) is 7.93. The molecule has 0 aliphatic heterocycles. The van der Waals surface area contributed by atoms with Gasteiger partial charge >= 0.3 is 0 Å². The minimum absolute atomic E-state index is 0.228. The van der Waals surface area contributed by atoms with Gasteiger partial charge in [0.2, 0.25) is 5.75 Å². The highest BCUT2D eigenvalue weighted by Gasteiger charge is 2.15. The van der Waals surface area contributed by atoms with Crippen LogP contribution < -0.4 is 19.5 Å². The van der Waals surface area contributed by atoms with Crippen molar-refractivity contribution in [1.29, 1.82) is 0 Å². The Kier molecular flexibility index (Phi) is 6.16. The third kappa shape index (κ3) is 4.17. The number of ether oxygens (including phenoxy) is 3. The number of carbonyl (C=O) groups excluding carboxylic acids is 1. The number of hydrogen-bond donors (Lipinski definition) is 1. The number of rotatable bonds is 7. The van der Waals surface area contributed by atoms with Gasteiger partial charge in [-0.25, -0.2) is 9.97 Å². The Balaban J connectivity index is 2.16. The van der Waals surface area contributed by atoms with E-state index in [1.807, 2.05) is 6.92 Å². The van der Waals surface area contributed by atoms with Crippen LogP contribution in [0.5, 0.6) is 17.2 Å². The number of carbonyl (C=O) groups is 1. The van der Waals surface area contributed by atoms with Crippen molar-refractivity contribution in [3.63, 3.8) is 0 Å². The van der Waals surface area contributed by atoms with Crippen molar-refractivity contribution < 1.29 is 19.0 Å². The zero-order valence-electron chi connectivity index (χ0n) is 15.2. The fourth-order valence-corrected chi connectivity index (χ4v) is 2.42. The van der Waals surface area contributed by atoms with Gasteiger partial charge in [-0.05, 0) is 24.6 Å². The smallest absolute Gasteiger partial charge is 0.254 e. The third-order valence-electron chi connectivity index (χ3n) is 3.77. The fraction of sp³-hybridized carbons (Fsp3) is 0.389. The number of methoxy groups -OCH3 is 3. The maximum Gasteiger partial charge on any atom is 0.254 e. The van der Waals surface area contributed by atoms with Crippen molar-refractivity contribution in [1.82, 2.24) is 15.3 Å². The monoisotopic (exact) mass is 345 g/mol. The summed E-state index contributed by atoms with van der Waals surface area (Å²) in [7, 11) is 4.65. The molecule has 2 aromatic rings. The molecule has 0 aliphatic rings. The Bertz CT molecular complexity index is 737. The van der Waals surface area contributed by atoms with Crippen LogP contribution in [0, 0.1) is 6.92 Å². The van der Waals surface area contributed by atoms with Crippen LogP contribution in [-0.4, -0.2) is 37.2 Å². The van der Waals surface area contributed by atoms with Crippen molar-refractivity contribution >= 4 is 5.91 Å². The standard InChI is InChI=1S/C18H23N3O4/c1-6-16-19-10-13(11(2)21-16)18(22)20-9-12-7-14(23-3)17(25-5)15(8-12)24-4/h7-8,10H,6,9H2,1-5H3,(H,20,22). The molecule has 0 unspecified atom stereocenters. The van der Waals surface area contributed by atoms with Gasteiger partial charge in [0.1, 0.15) is 5.82 Å². The minimum atomic E-state index is -0.228. The highest BCUT2D eigenvalue weighted by atomic mass is 16.5. The summed E-state index contributed by atoms with van der Waals surface area (Å²) >= 11 is 0. The predicted molar refractivity (Wildman–Crippen MR) is 93.4 cm³/mol. The zero-order valence-corrected chi connectivity index (χ0v) is 15.2. The lowest BCUT2D eigenvalue weighted by atomic mass is 10.1. The highest BCUT2D eigenvalue weighted by molar-refractivity contribution is 5.94. The molecule has 1 aromatic carbocycles. The first-order chi connectivity index (χ1) is 12.0. The molecular formula is C18H23N3O4. The van der Waals surface area contributed by atoms with Crippen molar-refractivity contribution in [3.8, 4) is 17.2 Å². The molecule has 2 rings (SSSR count). The fourth-order valence-electron chi connectivity index (χ4n) is 2.42. The van der Waals surface area contributed by atoms with Crippen molar-refractivity contribution in [2.24, 2.45) is 0 Å². The molecule has 1 heterocycles. The highest BCUT2D eigenvalue weighted by Crippen LogP contribution is 2.38. The number of aromatic nitrogens is 2. The molecular weight excluding hydrogens is 322 g/mol. The van der Waals surface area contributed by atoms with E-state index in [1.165, 1.54) is 0 Å². The van der Waals surface area contributed by atoms with E-state index in [2.05, 4.69) is 15.3 Å². The van der Waals surface area contributed by atoms with Gasteiger partial charge in [-0.3, -0.25) is 4.79 Å².